The molecule has 0 saturated heterocycles. The van der Waals surface area contributed by atoms with Gasteiger partial charge in [-0.25, -0.2) is 4.98 Å². The van der Waals surface area contributed by atoms with Gasteiger partial charge in [0.05, 0.1) is 11.0 Å². The highest BCUT2D eigenvalue weighted by Crippen LogP contribution is 2.23. The Bertz CT molecular complexity index is 501. The summed E-state index contributed by atoms with van der Waals surface area (Å²) in [6.07, 6.45) is 0.250. The number of hydrogen-bond donors (Lipinski definition) is 0. The van der Waals surface area contributed by atoms with E-state index < -0.39 is 0 Å². The predicted octanol–water partition coefficient (Wildman–Crippen LogP) is 3.43. The van der Waals surface area contributed by atoms with Crippen molar-refractivity contribution in [2.75, 3.05) is 0 Å². The molecule has 0 aliphatic rings. The Morgan fingerprint density at radius 2 is 1.88 bits per heavy atom. The summed E-state index contributed by atoms with van der Waals surface area (Å²) in [5, 5.41) is 4.06. The maximum Gasteiger partial charge on any atom is 0.373 e. The fourth-order valence-corrected chi connectivity index (χ4v) is 2.40. The average molecular weight is 312 g/mol. The van der Waals surface area contributed by atoms with Crippen LogP contribution in [0.4, 0.5) is 0 Å². The molecular formula is C12H10BrNO2S. The van der Waals surface area contributed by atoms with Crippen LogP contribution in [-0.2, 0) is 14.9 Å². The lowest BCUT2D eigenvalue weighted by molar-refractivity contribution is -0.191. The Kier molecular flexibility index (Phi) is 5.77. The molecule has 0 radical (unpaired) electrons. The summed E-state index contributed by atoms with van der Waals surface area (Å²) in [5.41, 5.74) is 3.55. The van der Waals surface area contributed by atoms with Crippen molar-refractivity contribution in [1.82, 2.24) is 4.98 Å². The summed E-state index contributed by atoms with van der Waals surface area (Å²) in [6, 6.07) is 8.45. The number of benzene rings is 1. The molecule has 3 nitrogen and oxygen atoms in total. The number of halogens is 1. The van der Waals surface area contributed by atoms with Crippen LogP contribution < -0.4 is 0 Å². The Morgan fingerprint density at radius 3 is 2.35 bits per heavy atom. The first-order chi connectivity index (χ1) is 8.21. The number of aromatic nitrogens is 1. The van der Waals surface area contributed by atoms with Crippen molar-refractivity contribution < 1.29 is 9.59 Å². The normalized spacial score (nSPS) is 9.06. The topological polar surface area (TPSA) is 47.0 Å². The molecule has 0 fully saturated rings. The van der Waals surface area contributed by atoms with Crippen LogP contribution in [0.5, 0.6) is 0 Å². The van der Waals surface area contributed by atoms with Gasteiger partial charge in [-0.05, 0) is 6.92 Å². The highest BCUT2D eigenvalue weighted by Gasteiger charge is 2.02. The molecule has 5 heteroatoms. The second kappa shape index (κ2) is 7.12. The number of rotatable bonds is 2. The molecule has 0 amide bonds. The number of nitrogens with zero attached hydrogens (tertiary/aromatic N) is 1. The summed E-state index contributed by atoms with van der Waals surface area (Å²) in [7, 11) is 0. The lowest BCUT2D eigenvalue weighted by atomic mass is 10.1. The van der Waals surface area contributed by atoms with Crippen molar-refractivity contribution >= 4 is 33.4 Å². The van der Waals surface area contributed by atoms with Gasteiger partial charge in [-0.2, -0.15) is 9.59 Å². The third kappa shape index (κ3) is 4.23. The van der Waals surface area contributed by atoms with E-state index in [4.69, 9.17) is 9.59 Å². The van der Waals surface area contributed by atoms with Crippen LogP contribution in [0.3, 0.4) is 0 Å². The van der Waals surface area contributed by atoms with Crippen molar-refractivity contribution in [2.24, 2.45) is 0 Å². The standard InChI is InChI=1S/C11H10BrNS.CO2/c1-8-2-4-9(5-3-8)10-7-14-11(6-12)13-10;2-1-3/h2-5,7H,6H2,1H3;. The molecule has 0 bridgehead atoms. The van der Waals surface area contributed by atoms with E-state index in [2.05, 4.69) is 57.5 Å². The van der Waals surface area contributed by atoms with E-state index in [9.17, 15) is 0 Å². The molecule has 0 aliphatic carbocycles. The van der Waals surface area contributed by atoms with Gasteiger partial charge in [-0.15, -0.1) is 11.3 Å². The molecule has 0 aliphatic heterocycles. The van der Waals surface area contributed by atoms with Crippen molar-refractivity contribution in [3.05, 3.63) is 40.2 Å². The zero-order valence-corrected chi connectivity index (χ0v) is 11.5. The van der Waals surface area contributed by atoms with Crippen molar-refractivity contribution in [3.63, 3.8) is 0 Å². The molecule has 1 aromatic heterocycles. The maximum atomic E-state index is 8.12. The molecule has 17 heavy (non-hydrogen) atoms. The molecular weight excluding hydrogens is 302 g/mol. The lowest BCUT2D eigenvalue weighted by Crippen LogP contribution is -1.79. The van der Waals surface area contributed by atoms with E-state index >= 15 is 0 Å². The molecule has 0 atom stereocenters. The summed E-state index contributed by atoms with van der Waals surface area (Å²) in [5.74, 6) is 0. The van der Waals surface area contributed by atoms with Gasteiger partial charge in [-0.3, -0.25) is 0 Å². The van der Waals surface area contributed by atoms with E-state index in [-0.39, 0.29) is 6.15 Å². The van der Waals surface area contributed by atoms with E-state index in [1.165, 1.54) is 11.1 Å². The fourth-order valence-electron chi connectivity index (χ4n) is 1.23. The van der Waals surface area contributed by atoms with Gasteiger partial charge in [0.25, 0.3) is 0 Å². The van der Waals surface area contributed by atoms with Crippen molar-refractivity contribution in [2.45, 2.75) is 12.3 Å². The summed E-state index contributed by atoms with van der Waals surface area (Å²) in [6.45, 7) is 2.09. The van der Waals surface area contributed by atoms with Crippen LogP contribution in [0.25, 0.3) is 11.3 Å². The van der Waals surface area contributed by atoms with Gasteiger partial charge in [-0.1, -0.05) is 45.8 Å². The van der Waals surface area contributed by atoms with E-state index in [0.29, 0.717) is 0 Å². The summed E-state index contributed by atoms with van der Waals surface area (Å²) in [4.78, 5) is 20.8. The Morgan fingerprint density at radius 1 is 1.29 bits per heavy atom. The van der Waals surface area contributed by atoms with Gasteiger partial charge in [0.15, 0.2) is 0 Å². The quantitative estimate of drug-likeness (QED) is 0.798. The number of carbonyl (C=O) groups excluding carboxylic acids is 2. The van der Waals surface area contributed by atoms with E-state index in [1.807, 2.05) is 0 Å². The van der Waals surface area contributed by atoms with Gasteiger partial charge >= 0.3 is 6.15 Å². The second-order valence-corrected chi connectivity index (χ2v) is 4.71. The Labute approximate surface area is 112 Å². The van der Waals surface area contributed by atoms with Gasteiger partial charge in [0.1, 0.15) is 5.01 Å². The van der Waals surface area contributed by atoms with Gasteiger partial charge in [0.2, 0.25) is 0 Å². The van der Waals surface area contributed by atoms with E-state index in [1.54, 1.807) is 11.3 Å². The number of alkyl halides is 1. The highest BCUT2D eigenvalue weighted by molar-refractivity contribution is 9.08. The van der Waals surface area contributed by atoms with E-state index in [0.717, 1.165) is 16.0 Å². The fraction of sp³-hybridized carbons (Fsp3) is 0.167. The molecule has 0 spiro atoms. The zero-order valence-electron chi connectivity index (χ0n) is 9.14. The van der Waals surface area contributed by atoms with Crippen LogP contribution in [0.15, 0.2) is 29.6 Å². The first-order valence-electron chi connectivity index (χ1n) is 4.78. The molecule has 2 rings (SSSR count). The molecule has 1 heterocycles. The SMILES string of the molecule is Cc1ccc(-c2csc(CBr)n2)cc1.O=C=O. The van der Waals surface area contributed by atoms with Crippen LogP contribution in [-0.4, -0.2) is 11.1 Å². The number of thiazole rings is 1. The molecule has 88 valence electrons. The predicted molar refractivity (Wildman–Crippen MR) is 69.9 cm³/mol. The minimum Gasteiger partial charge on any atom is -0.240 e. The largest absolute Gasteiger partial charge is 0.373 e. The summed E-state index contributed by atoms with van der Waals surface area (Å²) < 4.78 is 0. The summed E-state index contributed by atoms with van der Waals surface area (Å²) >= 11 is 5.09. The molecule has 0 N–H and O–H groups in total. The zero-order chi connectivity index (χ0) is 12.7. The van der Waals surface area contributed by atoms with Crippen LogP contribution in [0.2, 0.25) is 0 Å². The Balaban J connectivity index is 0.000000437. The first kappa shape index (κ1) is 13.8. The van der Waals surface area contributed by atoms with Crippen LogP contribution >= 0.6 is 27.3 Å². The number of aryl methyl sites for hydroxylation is 1. The smallest absolute Gasteiger partial charge is 0.240 e. The minimum absolute atomic E-state index is 0.250. The molecule has 1 aromatic carbocycles. The maximum absolute atomic E-state index is 8.12. The molecule has 0 saturated carbocycles. The lowest BCUT2D eigenvalue weighted by Gasteiger charge is -1.96. The monoisotopic (exact) mass is 311 g/mol. The van der Waals surface area contributed by atoms with Gasteiger partial charge in [0, 0.05) is 10.9 Å². The Hall–Kier alpha value is -1.29. The third-order valence-corrected chi connectivity index (χ3v) is 3.76. The number of hydrogen-bond acceptors (Lipinski definition) is 4. The van der Waals surface area contributed by atoms with Crippen LogP contribution in [0.1, 0.15) is 10.6 Å². The molecule has 2 aromatic rings. The highest BCUT2D eigenvalue weighted by atomic mass is 79.9. The van der Waals surface area contributed by atoms with Gasteiger partial charge < -0.3 is 0 Å². The van der Waals surface area contributed by atoms with Crippen molar-refractivity contribution in [3.8, 4) is 11.3 Å². The minimum atomic E-state index is 0.250. The van der Waals surface area contributed by atoms with Crippen molar-refractivity contribution in [1.29, 1.82) is 0 Å². The molecule has 0 unspecified atom stereocenters. The van der Waals surface area contributed by atoms with Crippen LogP contribution in [0, 0.1) is 6.92 Å². The second-order valence-electron chi connectivity index (χ2n) is 3.21. The third-order valence-electron chi connectivity index (χ3n) is 2.01. The first-order valence-corrected chi connectivity index (χ1v) is 6.78. The average Bonchev–Trinajstić information content (AvgIpc) is 2.80.